The van der Waals surface area contributed by atoms with Crippen LogP contribution in [0.1, 0.15) is 0 Å². The Balaban J connectivity index is 1.69. The zero-order valence-electron chi connectivity index (χ0n) is 10.6. The maximum absolute atomic E-state index is 5.89. The van der Waals surface area contributed by atoms with Crippen LogP contribution in [0.5, 0.6) is 0 Å². The molecule has 1 saturated heterocycles. The summed E-state index contributed by atoms with van der Waals surface area (Å²) < 4.78 is 12.4. The first kappa shape index (κ1) is 13.2. The summed E-state index contributed by atoms with van der Waals surface area (Å²) in [5.74, 6) is 0.739. The van der Waals surface area contributed by atoms with E-state index in [9.17, 15) is 0 Å². The fourth-order valence-electron chi connectivity index (χ4n) is 1.77. The van der Waals surface area contributed by atoms with E-state index in [1.165, 1.54) is 4.68 Å². The van der Waals surface area contributed by atoms with Crippen LogP contribution in [0, 0.1) is 0 Å². The second kappa shape index (κ2) is 6.12. The highest BCUT2D eigenvalue weighted by Crippen LogP contribution is 2.09. The molecule has 1 unspecified atom stereocenters. The van der Waals surface area contributed by atoms with Gasteiger partial charge in [-0.15, -0.1) is 0 Å². The minimum Gasteiger partial charge on any atom is -0.376 e. The number of ether oxygens (including phenoxy) is 2. The number of rotatable bonds is 4. The number of hydrogen-bond donors (Lipinski definition) is 1. The fourth-order valence-corrected chi connectivity index (χ4v) is 1.92. The van der Waals surface area contributed by atoms with Gasteiger partial charge in [-0.1, -0.05) is 0 Å². The van der Waals surface area contributed by atoms with Crippen molar-refractivity contribution in [1.82, 2.24) is 24.7 Å². The summed E-state index contributed by atoms with van der Waals surface area (Å²) in [5.41, 5.74) is 0. The van der Waals surface area contributed by atoms with Crippen molar-refractivity contribution in [2.45, 2.75) is 6.10 Å². The minimum absolute atomic E-state index is 0.0209. The van der Waals surface area contributed by atoms with Crippen molar-refractivity contribution in [3.05, 3.63) is 23.7 Å². The standard InChI is InChI=1S/C11H13ClN6O2/c12-9-15-10(13-6-8-7-19-4-5-20-8)17-11(16-9)18-3-1-2-14-18/h1-3,8H,4-7H2,(H,13,15,16,17). The molecule has 0 spiro atoms. The predicted molar refractivity (Wildman–Crippen MR) is 71.0 cm³/mol. The zero-order chi connectivity index (χ0) is 13.8. The highest BCUT2D eigenvalue weighted by atomic mass is 35.5. The maximum Gasteiger partial charge on any atom is 0.256 e. The summed E-state index contributed by atoms with van der Waals surface area (Å²) in [4.78, 5) is 12.3. The van der Waals surface area contributed by atoms with Gasteiger partial charge in [-0.25, -0.2) is 4.68 Å². The summed E-state index contributed by atoms with van der Waals surface area (Å²) in [6, 6.07) is 1.78. The van der Waals surface area contributed by atoms with Crippen molar-refractivity contribution in [2.24, 2.45) is 0 Å². The minimum atomic E-state index is -0.0209. The topological polar surface area (TPSA) is 87.0 Å². The molecule has 1 fully saturated rings. The van der Waals surface area contributed by atoms with Gasteiger partial charge in [-0.2, -0.15) is 20.1 Å². The van der Waals surface area contributed by atoms with Crippen molar-refractivity contribution in [3.63, 3.8) is 0 Å². The summed E-state index contributed by atoms with van der Waals surface area (Å²) in [6.07, 6.45) is 3.35. The van der Waals surface area contributed by atoms with Gasteiger partial charge in [0, 0.05) is 18.9 Å². The first-order valence-corrected chi connectivity index (χ1v) is 6.54. The number of aromatic nitrogens is 5. The highest BCUT2D eigenvalue weighted by molar-refractivity contribution is 6.28. The number of halogens is 1. The molecule has 0 bridgehead atoms. The van der Waals surface area contributed by atoms with Crippen LogP contribution in [0.15, 0.2) is 18.5 Å². The number of anilines is 1. The third-order valence-corrected chi connectivity index (χ3v) is 2.85. The van der Waals surface area contributed by atoms with Crippen LogP contribution in [0.25, 0.3) is 5.95 Å². The first-order chi connectivity index (χ1) is 9.81. The second-order valence-electron chi connectivity index (χ2n) is 4.13. The lowest BCUT2D eigenvalue weighted by Gasteiger charge is -2.23. The smallest absolute Gasteiger partial charge is 0.256 e. The van der Waals surface area contributed by atoms with E-state index >= 15 is 0 Å². The van der Waals surface area contributed by atoms with Crippen molar-refractivity contribution in [1.29, 1.82) is 0 Å². The van der Waals surface area contributed by atoms with Crippen molar-refractivity contribution >= 4 is 17.5 Å². The third-order valence-electron chi connectivity index (χ3n) is 2.68. The molecule has 20 heavy (non-hydrogen) atoms. The van der Waals surface area contributed by atoms with Crippen LogP contribution >= 0.6 is 11.6 Å². The Bertz CT molecular complexity index is 558. The average Bonchev–Trinajstić information content (AvgIpc) is 3.00. The molecule has 3 rings (SSSR count). The Morgan fingerprint density at radius 3 is 3.05 bits per heavy atom. The van der Waals surface area contributed by atoms with Gasteiger partial charge in [0.2, 0.25) is 11.2 Å². The van der Waals surface area contributed by atoms with Crippen LogP contribution in [0.3, 0.4) is 0 Å². The Morgan fingerprint density at radius 2 is 2.30 bits per heavy atom. The fraction of sp³-hybridized carbons (Fsp3) is 0.455. The Labute approximate surface area is 120 Å². The molecule has 0 aromatic carbocycles. The molecule has 106 valence electrons. The zero-order valence-corrected chi connectivity index (χ0v) is 11.3. The van der Waals surface area contributed by atoms with Gasteiger partial charge in [0.15, 0.2) is 0 Å². The number of nitrogens with one attached hydrogen (secondary N) is 1. The van der Waals surface area contributed by atoms with E-state index < -0.39 is 0 Å². The Morgan fingerprint density at radius 1 is 1.35 bits per heavy atom. The SMILES string of the molecule is Clc1nc(NCC2COCCO2)nc(-n2cccn2)n1. The van der Waals surface area contributed by atoms with Crippen molar-refractivity contribution in [3.8, 4) is 5.95 Å². The Hall–Kier alpha value is -1.77. The molecule has 3 heterocycles. The maximum atomic E-state index is 5.89. The molecule has 0 saturated carbocycles. The molecule has 1 aliphatic rings. The monoisotopic (exact) mass is 296 g/mol. The molecule has 0 radical (unpaired) electrons. The summed E-state index contributed by atoms with van der Waals surface area (Å²) in [7, 11) is 0. The summed E-state index contributed by atoms with van der Waals surface area (Å²) in [6.45, 7) is 2.33. The molecule has 1 atom stereocenters. The number of nitrogens with zero attached hydrogens (tertiary/aromatic N) is 5. The molecule has 1 N–H and O–H groups in total. The third kappa shape index (κ3) is 3.21. The van der Waals surface area contributed by atoms with Gasteiger partial charge < -0.3 is 14.8 Å². The first-order valence-electron chi connectivity index (χ1n) is 6.16. The van der Waals surface area contributed by atoms with E-state index in [2.05, 4.69) is 25.4 Å². The van der Waals surface area contributed by atoms with Crippen LogP contribution in [0.4, 0.5) is 5.95 Å². The lowest BCUT2D eigenvalue weighted by atomic mass is 10.3. The quantitative estimate of drug-likeness (QED) is 0.881. The van der Waals surface area contributed by atoms with Gasteiger partial charge >= 0.3 is 0 Å². The molecule has 1 aliphatic heterocycles. The van der Waals surface area contributed by atoms with Crippen LogP contribution < -0.4 is 5.32 Å². The van der Waals surface area contributed by atoms with Crippen LogP contribution in [-0.4, -0.2) is 57.2 Å². The van der Waals surface area contributed by atoms with E-state index in [4.69, 9.17) is 21.1 Å². The molecule has 0 aliphatic carbocycles. The lowest BCUT2D eigenvalue weighted by Crippen LogP contribution is -2.34. The molecule has 9 heteroatoms. The van der Waals surface area contributed by atoms with Crippen LogP contribution in [0.2, 0.25) is 5.28 Å². The average molecular weight is 297 g/mol. The van der Waals surface area contributed by atoms with E-state index in [-0.39, 0.29) is 11.4 Å². The van der Waals surface area contributed by atoms with E-state index in [0.29, 0.717) is 38.3 Å². The normalized spacial score (nSPS) is 18.9. The highest BCUT2D eigenvalue weighted by Gasteiger charge is 2.15. The van der Waals surface area contributed by atoms with Gasteiger partial charge in [0.25, 0.3) is 5.95 Å². The predicted octanol–water partition coefficient (Wildman–Crippen LogP) is 0.538. The molecule has 2 aromatic heterocycles. The van der Waals surface area contributed by atoms with Gasteiger partial charge in [0.1, 0.15) is 0 Å². The molecular weight excluding hydrogens is 284 g/mol. The van der Waals surface area contributed by atoms with Gasteiger partial charge in [-0.05, 0) is 17.7 Å². The van der Waals surface area contributed by atoms with Crippen LogP contribution in [-0.2, 0) is 9.47 Å². The van der Waals surface area contributed by atoms with Gasteiger partial charge in [-0.3, -0.25) is 0 Å². The molecular formula is C11H13ClN6O2. The van der Waals surface area contributed by atoms with Crippen molar-refractivity contribution < 1.29 is 9.47 Å². The largest absolute Gasteiger partial charge is 0.376 e. The van der Waals surface area contributed by atoms with Crippen molar-refractivity contribution in [2.75, 3.05) is 31.7 Å². The van der Waals surface area contributed by atoms with E-state index in [1.807, 2.05) is 0 Å². The molecule has 2 aromatic rings. The van der Waals surface area contributed by atoms with E-state index in [0.717, 1.165) is 0 Å². The molecule has 8 nitrogen and oxygen atoms in total. The van der Waals surface area contributed by atoms with Gasteiger partial charge in [0.05, 0.1) is 25.9 Å². The van der Waals surface area contributed by atoms with E-state index in [1.54, 1.807) is 18.5 Å². The summed E-state index contributed by atoms with van der Waals surface area (Å²) in [5, 5.41) is 7.22. The molecule has 0 amide bonds. The summed E-state index contributed by atoms with van der Waals surface area (Å²) >= 11 is 5.89. The number of hydrogen-bond acceptors (Lipinski definition) is 7. The Kier molecular flexibility index (Phi) is 4.05. The lowest BCUT2D eigenvalue weighted by molar-refractivity contribution is -0.0819. The second-order valence-corrected chi connectivity index (χ2v) is 4.47.